The van der Waals surface area contributed by atoms with Gasteiger partial charge in [0, 0.05) is 28.7 Å². The third-order valence-electron chi connectivity index (χ3n) is 3.59. The fourth-order valence-corrected chi connectivity index (χ4v) is 3.66. The van der Waals surface area contributed by atoms with Gasteiger partial charge in [0.1, 0.15) is 0 Å². The molecule has 2 aliphatic rings. The summed E-state index contributed by atoms with van der Waals surface area (Å²) in [6.07, 6.45) is 1.58. The van der Waals surface area contributed by atoms with Crippen LogP contribution in [0.3, 0.4) is 0 Å². The second-order valence-corrected chi connectivity index (χ2v) is 6.92. The Morgan fingerprint density at radius 3 is 2.48 bits per heavy atom. The highest BCUT2D eigenvalue weighted by Gasteiger charge is 2.36. The van der Waals surface area contributed by atoms with E-state index in [4.69, 9.17) is 27.9 Å². The fraction of sp³-hybridized carbons (Fsp3) is 0.333. The van der Waals surface area contributed by atoms with Crippen molar-refractivity contribution in [2.45, 2.75) is 0 Å². The molecule has 0 N–H and O–H groups in total. The van der Waals surface area contributed by atoms with Gasteiger partial charge < -0.3 is 4.74 Å². The van der Waals surface area contributed by atoms with Gasteiger partial charge in [0.05, 0.1) is 24.8 Å². The van der Waals surface area contributed by atoms with Crippen molar-refractivity contribution < 1.29 is 14.3 Å². The van der Waals surface area contributed by atoms with E-state index in [2.05, 4.69) is 0 Å². The number of carbonyl (C=O) groups is 2. The SMILES string of the molecule is O=C1S/C(=C\c2c(Cl)cccc2Cl)C(=O)N1CN1CCOCC1. The van der Waals surface area contributed by atoms with Crippen LogP contribution in [0.2, 0.25) is 10.0 Å². The average Bonchev–Trinajstić information content (AvgIpc) is 2.80. The van der Waals surface area contributed by atoms with E-state index in [1.165, 1.54) is 4.90 Å². The second-order valence-electron chi connectivity index (χ2n) is 5.12. The van der Waals surface area contributed by atoms with Crippen LogP contribution in [0.1, 0.15) is 5.56 Å². The van der Waals surface area contributed by atoms with Crippen LogP contribution >= 0.6 is 35.0 Å². The number of ether oxygens (including phenoxy) is 1. The van der Waals surface area contributed by atoms with Gasteiger partial charge in [0.15, 0.2) is 0 Å². The number of morpholine rings is 1. The number of carbonyl (C=O) groups excluding carboxylic acids is 2. The van der Waals surface area contributed by atoms with Crippen LogP contribution in [-0.4, -0.2) is 53.9 Å². The number of benzene rings is 1. The first-order valence-corrected chi connectivity index (χ1v) is 8.63. The van der Waals surface area contributed by atoms with E-state index in [0.29, 0.717) is 46.8 Å². The van der Waals surface area contributed by atoms with Gasteiger partial charge >= 0.3 is 0 Å². The van der Waals surface area contributed by atoms with Gasteiger partial charge in [0.2, 0.25) is 0 Å². The minimum absolute atomic E-state index is 0.279. The van der Waals surface area contributed by atoms with Gasteiger partial charge in [-0.15, -0.1) is 0 Å². The number of imide groups is 1. The van der Waals surface area contributed by atoms with Crippen molar-refractivity contribution in [2.24, 2.45) is 0 Å². The van der Waals surface area contributed by atoms with Crippen LogP contribution in [0.25, 0.3) is 6.08 Å². The van der Waals surface area contributed by atoms with Gasteiger partial charge in [-0.25, -0.2) is 0 Å². The molecular weight excluding hydrogens is 359 g/mol. The summed E-state index contributed by atoms with van der Waals surface area (Å²) in [4.78, 5) is 28.2. The number of amides is 2. The maximum atomic E-state index is 12.5. The van der Waals surface area contributed by atoms with E-state index in [1.807, 2.05) is 4.90 Å². The molecule has 23 heavy (non-hydrogen) atoms. The lowest BCUT2D eigenvalue weighted by molar-refractivity contribution is -0.125. The molecule has 0 unspecified atom stereocenters. The molecule has 1 aromatic rings. The lowest BCUT2D eigenvalue weighted by Gasteiger charge is -2.29. The number of halogens is 2. The zero-order valence-electron chi connectivity index (χ0n) is 12.1. The number of nitrogens with zero attached hydrogens (tertiary/aromatic N) is 2. The Hall–Kier alpha value is -1.05. The van der Waals surface area contributed by atoms with Crippen LogP contribution in [0.5, 0.6) is 0 Å². The summed E-state index contributed by atoms with van der Waals surface area (Å²) >= 11 is 13.1. The van der Waals surface area contributed by atoms with E-state index >= 15 is 0 Å². The zero-order valence-corrected chi connectivity index (χ0v) is 14.5. The Labute approximate surface area is 148 Å². The molecule has 2 saturated heterocycles. The predicted molar refractivity (Wildman–Crippen MR) is 91.5 cm³/mol. The largest absolute Gasteiger partial charge is 0.379 e. The van der Waals surface area contributed by atoms with Gasteiger partial charge in [-0.05, 0) is 30.0 Å². The van der Waals surface area contributed by atoms with Crippen molar-refractivity contribution in [1.82, 2.24) is 9.80 Å². The summed E-state index contributed by atoms with van der Waals surface area (Å²) in [5.74, 6) is -0.317. The van der Waals surface area contributed by atoms with Gasteiger partial charge in [-0.3, -0.25) is 19.4 Å². The lowest BCUT2D eigenvalue weighted by Crippen LogP contribution is -2.45. The topological polar surface area (TPSA) is 49.9 Å². The number of hydrogen-bond acceptors (Lipinski definition) is 5. The normalized spacial score (nSPS) is 21.5. The van der Waals surface area contributed by atoms with Crippen molar-refractivity contribution in [3.8, 4) is 0 Å². The van der Waals surface area contributed by atoms with Gasteiger partial charge in [-0.1, -0.05) is 29.3 Å². The van der Waals surface area contributed by atoms with Crippen LogP contribution in [0, 0.1) is 0 Å². The summed E-state index contributed by atoms with van der Waals surface area (Å²) in [5, 5.41) is 0.603. The van der Waals surface area contributed by atoms with Crippen LogP contribution < -0.4 is 0 Å². The smallest absolute Gasteiger partial charge is 0.294 e. The molecule has 3 rings (SSSR count). The van der Waals surface area contributed by atoms with Gasteiger partial charge in [0.25, 0.3) is 11.1 Å². The molecule has 2 heterocycles. The summed E-state index contributed by atoms with van der Waals surface area (Å²) < 4.78 is 5.27. The Balaban J connectivity index is 1.79. The van der Waals surface area contributed by atoms with Crippen molar-refractivity contribution in [3.05, 3.63) is 38.7 Å². The van der Waals surface area contributed by atoms with Crippen LogP contribution in [-0.2, 0) is 9.53 Å². The second kappa shape index (κ2) is 7.23. The standard InChI is InChI=1S/C15H14Cl2N2O3S/c16-11-2-1-3-12(17)10(11)8-13-14(20)19(15(21)23-13)9-18-4-6-22-7-5-18/h1-3,8H,4-7,9H2/b13-8-. The average molecular weight is 373 g/mol. The van der Waals surface area contributed by atoms with Crippen molar-refractivity contribution in [1.29, 1.82) is 0 Å². The summed E-state index contributed by atoms with van der Waals surface area (Å²) in [6.45, 7) is 2.92. The third kappa shape index (κ3) is 3.72. The molecule has 0 aliphatic carbocycles. The molecule has 0 spiro atoms. The molecule has 122 valence electrons. The molecular formula is C15H14Cl2N2O3S. The highest BCUT2D eigenvalue weighted by molar-refractivity contribution is 8.18. The molecule has 0 bridgehead atoms. The van der Waals surface area contributed by atoms with E-state index < -0.39 is 0 Å². The van der Waals surface area contributed by atoms with E-state index in [1.54, 1.807) is 24.3 Å². The monoisotopic (exact) mass is 372 g/mol. The first-order chi connectivity index (χ1) is 11.1. The molecule has 2 aliphatic heterocycles. The molecule has 2 amide bonds. The third-order valence-corrected chi connectivity index (χ3v) is 5.16. The zero-order chi connectivity index (χ0) is 16.4. The number of rotatable bonds is 3. The highest BCUT2D eigenvalue weighted by atomic mass is 35.5. The Morgan fingerprint density at radius 2 is 1.83 bits per heavy atom. The summed E-state index contributed by atoms with van der Waals surface area (Å²) in [7, 11) is 0. The maximum Gasteiger partial charge on any atom is 0.294 e. The number of hydrogen-bond donors (Lipinski definition) is 0. The molecule has 0 atom stereocenters. The first-order valence-electron chi connectivity index (χ1n) is 7.06. The first kappa shape index (κ1) is 16.8. The quantitative estimate of drug-likeness (QED) is 0.761. The van der Waals surface area contributed by atoms with Crippen molar-refractivity contribution >= 4 is 52.2 Å². The minimum atomic E-state index is -0.317. The number of thioether (sulfide) groups is 1. The van der Waals surface area contributed by atoms with E-state index in [-0.39, 0.29) is 17.8 Å². The molecule has 0 radical (unpaired) electrons. The van der Waals surface area contributed by atoms with Crippen LogP contribution in [0.4, 0.5) is 4.79 Å². The van der Waals surface area contributed by atoms with Crippen LogP contribution in [0.15, 0.2) is 23.1 Å². The molecule has 1 aromatic carbocycles. The Kier molecular flexibility index (Phi) is 5.28. The van der Waals surface area contributed by atoms with E-state index in [0.717, 1.165) is 11.8 Å². The summed E-state index contributed by atoms with van der Waals surface area (Å²) in [6, 6.07) is 5.11. The maximum absolute atomic E-state index is 12.5. The van der Waals surface area contributed by atoms with E-state index in [9.17, 15) is 9.59 Å². The van der Waals surface area contributed by atoms with Crippen molar-refractivity contribution in [3.63, 3.8) is 0 Å². The molecule has 8 heteroatoms. The minimum Gasteiger partial charge on any atom is -0.379 e. The molecule has 2 fully saturated rings. The lowest BCUT2D eigenvalue weighted by atomic mass is 10.2. The van der Waals surface area contributed by atoms with Crippen molar-refractivity contribution in [2.75, 3.05) is 33.0 Å². The molecule has 0 saturated carbocycles. The molecule has 0 aromatic heterocycles. The van der Waals surface area contributed by atoms with Gasteiger partial charge in [-0.2, -0.15) is 0 Å². The fourth-order valence-electron chi connectivity index (χ4n) is 2.34. The molecule has 5 nitrogen and oxygen atoms in total. The predicted octanol–water partition coefficient (Wildman–Crippen LogP) is 3.32. The Morgan fingerprint density at radius 1 is 1.17 bits per heavy atom. The summed E-state index contributed by atoms with van der Waals surface area (Å²) in [5.41, 5.74) is 0.549. The highest BCUT2D eigenvalue weighted by Crippen LogP contribution is 2.35. The Bertz CT molecular complexity index is 654.